The van der Waals surface area contributed by atoms with Crippen molar-refractivity contribution in [1.82, 2.24) is 5.32 Å². The van der Waals surface area contributed by atoms with Crippen LogP contribution in [-0.2, 0) is 11.2 Å². The zero-order chi connectivity index (χ0) is 15.5. The van der Waals surface area contributed by atoms with Crippen molar-refractivity contribution in [3.8, 4) is 5.75 Å². The van der Waals surface area contributed by atoms with Gasteiger partial charge in [0.15, 0.2) is 0 Å². The molecule has 112 valence electrons. The van der Waals surface area contributed by atoms with Crippen LogP contribution < -0.4 is 10.1 Å². The van der Waals surface area contributed by atoms with E-state index in [1.165, 1.54) is 0 Å². The molecular formula is C17H22N2O2. The quantitative estimate of drug-likeness (QED) is 0.925. The first-order valence-corrected chi connectivity index (χ1v) is 7.07. The minimum absolute atomic E-state index is 0.0163. The molecule has 0 fully saturated rings. The van der Waals surface area contributed by atoms with Crippen LogP contribution in [0.5, 0.6) is 5.75 Å². The van der Waals surface area contributed by atoms with Gasteiger partial charge in [-0.3, -0.25) is 9.79 Å². The number of benzene rings is 1. The Labute approximate surface area is 125 Å². The maximum Gasteiger partial charge on any atom is 0.228 e. The number of hydrogen-bond donors (Lipinski definition) is 1. The lowest BCUT2D eigenvalue weighted by molar-refractivity contribution is -0.119. The third kappa shape index (κ3) is 4.18. The van der Waals surface area contributed by atoms with Crippen LogP contribution >= 0.6 is 0 Å². The lowest BCUT2D eigenvalue weighted by atomic mass is 9.90. The van der Waals surface area contributed by atoms with Gasteiger partial charge in [0.25, 0.3) is 0 Å². The van der Waals surface area contributed by atoms with Gasteiger partial charge in [0.05, 0.1) is 20.1 Å². The molecule has 0 radical (unpaired) electrons. The summed E-state index contributed by atoms with van der Waals surface area (Å²) in [4.78, 5) is 16.5. The van der Waals surface area contributed by atoms with Gasteiger partial charge in [-0.25, -0.2) is 0 Å². The Morgan fingerprint density at radius 2 is 1.95 bits per heavy atom. The average molecular weight is 286 g/mol. The predicted octanol–water partition coefficient (Wildman–Crippen LogP) is 2.74. The van der Waals surface area contributed by atoms with Crippen LogP contribution in [-0.4, -0.2) is 25.3 Å². The number of rotatable bonds is 4. The van der Waals surface area contributed by atoms with Crippen LogP contribution in [0, 0.1) is 5.41 Å². The molecule has 4 nitrogen and oxygen atoms in total. The Morgan fingerprint density at radius 3 is 2.48 bits per heavy atom. The molecule has 2 rings (SSSR count). The monoisotopic (exact) mass is 286 g/mol. The van der Waals surface area contributed by atoms with E-state index in [4.69, 9.17) is 4.74 Å². The first-order valence-electron chi connectivity index (χ1n) is 7.07. The van der Waals surface area contributed by atoms with Crippen molar-refractivity contribution in [2.24, 2.45) is 10.4 Å². The van der Waals surface area contributed by atoms with E-state index in [1.807, 2.05) is 30.3 Å². The van der Waals surface area contributed by atoms with E-state index in [0.717, 1.165) is 22.7 Å². The van der Waals surface area contributed by atoms with Crippen LogP contribution in [0.2, 0.25) is 0 Å². The van der Waals surface area contributed by atoms with E-state index in [0.29, 0.717) is 13.0 Å². The largest absolute Gasteiger partial charge is 0.497 e. The summed E-state index contributed by atoms with van der Waals surface area (Å²) >= 11 is 0. The zero-order valence-electron chi connectivity index (χ0n) is 13.1. The number of nitrogens with one attached hydrogen (secondary N) is 1. The fourth-order valence-corrected chi connectivity index (χ4v) is 2.11. The van der Waals surface area contributed by atoms with E-state index in [2.05, 4.69) is 31.1 Å². The van der Waals surface area contributed by atoms with E-state index in [-0.39, 0.29) is 11.3 Å². The number of methoxy groups -OCH3 is 1. The molecule has 0 aromatic heterocycles. The number of aliphatic imine (C=N–C) groups is 1. The third-order valence-corrected chi connectivity index (χ3v) is 3.32. The first kappa shape index (κ1) is 15.3. The standard InChI is InChI=1S/C17H22N2O2/c1-17(2,3)15-10-13(11-18-15)19-16(20)9-12-5-7-14(21-4)8-6-12/h5-8,10H,9,11H2,1-4H3,(H,19,20). The molecule has 0 unspecified atom stereocenters. The van der Waals surface area contributed by atoms with Gasteiger partial charge in [0.2, 0.25) is 5.91 Å². The fraction of sp³-hybridized carbons (Fsp3) is 0.412. The Kier molecular flexibility index (Phi) is 4.46. The number of allylic oxidation sites excluding steroid dienone is 1. The summed E-state index contributed by atoms with van der Waals surface area (Å²) < 4.78 is 5.10. The molecule has 0 spiro atoms. The number of amides is 1. The van der Waals surface area contributed by atoms with Gasteiger partial charge < -0.3 is 10.1 Å². The normalized spacial score (nSPS) is 14.5. The number of carbonyl (C=O) groups is 1. The molecule has 0 saturated carbocycles. The SMILES string of the molecule is COc1ccc(CC(=O)NC2=CC(C(C)(C)C)=NC2)cc1. The molecule has 1 heterocycles. The lowest BCUT2D eigenvalue weighted by Gasteiger charge is -2.16. The Bertz CT molecular complexity index is 578. The highest BCUT2D eigenvalue weighted by Crippen LogP contribution is 2.21. The molecule has 0 aliphatic carbocycles. The molecule has 1 amide bonds. The molecule has 0 atom stereocenters. The van der Waals surface area contributed by atoms with Crippen molar-refractivity contribution in [3.05, 3.63) is 41.6 Å². The van der Waals surface area contributed by atoms with Gasteiger partial charge in [-0.05, 0) is 23.8 Å². The average Bonchev–Trinajstić information content (AvgIpc) is 2.88. The topological polar surface area (TPSA) is 50.7 Å². The molecule has 0 saturated heterocycles. The Balaban J connectivity index is 1.91. The highest BCUT2D eigenvalue weighted by molar-refractivity contribution is 6.01. The van der Waals surface area contributed by atoms with E-state index >= 15 is 0 Å². The molecular weight excluding hydrogens is 264 g/mol. The van der Waals surface area contributed by atoms with E-state index in [1.54, 1.807) is 7.11 Å². The second-order valence-corrected chi connectivity index (χ2v) is 6.19. The van der Waals surface area contributed by atoms with Gasteiger partial charge >= 0.3 is 0 Å². The summed E-state index contributed by atoms with van der Waals surface area (Å²) in [6.45, 7) is 6.90. The minimum Gasteiger partial charge on any atom is -0.497 e. The molecule has 1 aliphatic rings. The first-order chi connectivity index (χ1) is 9.88. The van der Waals surface area contributed by atoms with Crippen molar-refractivity contribution in [3.63, 3.8) is 0 Å². The van der Waals surface area contributed by atoms with Crippen molar-refractivity contribution >= 4 is 11.6 Å². The number of nitrogens with zero attached hydrogens (tertiary/aromatic N) is 1. The molecule has 21 heavy (non-hydrogen) atoms. The van der Waals surface area contributed by atoms with Crippen molar-refractivity contribution in [2.75, 3.05) is 13.7 Å². The van der Waals surface area contributed by atoms with Gasteiger partial charge in [-0.15, -0.1) is 0 Å². The lowest BCUT2D eigenvalue weighted by Crippen LogP contribution is -2.25. The van der Waals surface area contributed by atoms with Gasteiger partial charge in [-0.1, -0.05) is 32.9 Å². The summed E-state index contributed by atoms with van der Waals surface area (Å²) in [5.74, 6) is 0.776. The van der Waals surface area contributed by atoms with Gasteiger partial charge in [-0.2, -0.15) is 0 Å². The van der Waals surface area contributed by atoms with Crippen molar-refractivity contribution in [2.45, 2.75) is 27.2 Å². The highest BCUT2D eigenvalue weighted by atomic mass is 16.5. The fourth-order valence-electron chi connectivity index (χ4n) is 2.11. The summed E-state index contributed by atoms with van der Waals surface area (Å²) in [7, 11) is 1.63. The number of carbonyl (C=O) groups excluding carboxylic acids is 1. The maximum atomic E-state index is 12.0. The zero-order valence-corrected chi connectivity index (χ0v) is 13.1. The van der Waals surface area contributed by atoms with Crippen molar-refractivity contribution < 1.29 is 9.53 Å². The predicted molar refractivity (Wildman–Crippen MR) is 84.7 cm³/mol. The molecule has 1 aliphatic heterocycles. The van der Waals surface area contributed by atoms with Crippen LogP contribution in [0.15, 0.2) is 41.0 Å². The smallest absolute Gasteiger partial charge is 0.228 e. The maximum absolute atomic E-state index is 12.0. The molecule has 1 N–H and O–H groups in total. The molecule has 0 bridgehead atoms. The summed E-state index contributed by atoms with van der Waals surface area (Å²) in [6, 6.07) is 7.52. The van der Waals surface area contributed by atoms with Crippen LogP contribution in [0.25, 0.3) is 0 Å². The van der Waals surface area contributed by atoms with Crippen LogP contribution in [0.1, 0.15) is 26.3 Å². The summed E-state index contributed by atoms with van der Waals surface area (Å²) in [5.41, 5.74) is 2.88. The Hall–Kier alpha value is -2.10. The third-order valence-electron chi connectivity index (χ3n) is 3.32. The van der Waals surface area contributed by atoms with Crippen LogP contribution in [0.4, 0.5) is 0 Å². The van der Waals surface area contributed by atoms with Crippen LogP contribution in [0.3, 0.4) is 0 Å². The molecule has 1 aromatic rings. The van der Waals surface area contributed by atoms with Gasteiger partial charge in [0, 0.05) is 16.8 Å². The summed E-state index contributed by atoms with van der Waals surface area (Å²) in [6.07, 6.45) is 2.33. The minimum atomic E-state index is -0.0169. The summed E-state index contributed by atoms with van der Waals surface area (Å²) in [5, 5.41) is 2.93. The van der Waals surface area contributed by atoms with E-state index in [9.17, 15) is 4.79 Å². The van der Waals surface area contributed by atoms with Gasteiger partial charge in [0.1, 0.15) is 5.75 Å². The molecule has 4 heteroatoms. The number of ether oxygens (including phenoxy) is 1. The second-order valence-electron chi connectivity index (χ2n) is 6.19. The number of hydrogen-bond acceptors (Lipinski definition) is 3. The molecule has 1 aromatic carbocycles. The second kappa shape index (κ2) is 6.12. The Morgan fingerprint density at radius 1 is 1.29 bits per heavy atom. The highest BCUT2D eigenvalue weighted by Gasteiger charge is 2.21. The van der Waals surface area contributed by atoms with E-state index < -0.39 is 0 Å². The van der Waals surface area contributed by atoms with Crippen molar-refractivity contribution in [1.29, 1.82) is 0 Å².